The van der Waals surface area contributed by atoms with E-state index >= 15 is 0 Å². The van der Waals surface area contributed by atoms with Gasteiger partial charge in [-0.2, -0.15) is 0 Å². The fourth-order valence-electron chi connectivity index (χ4n) is 3.25. The van der Waals surface area contributed by atoms with Gasteiger partial charge in [-0.05, 0) is 68.3 Å². The molecule has 2 aromatic rings. The number of pyridine rings is 1. The highest BCUT2D eigenvalue weighted by Gasteiger charge is 2.20. The molecule has 1 aromatic heterocycles. The van der Waals surface area contributed by atoms with Crippen molar-refractivity contribution in [3.63, 3.8) is 0 Å². The lowest BCUT2D eigenvalue weighted by Crippen LogP contribution is -2.16. The zero-order chi connectivity index (χ0) is 14.1. The third-order valence-corrected chi connectivity index (χ3v) is 4.56. The topological polar surface area (TPSA) is 24.9 Å². The summed E-state index contributed by atoms with van der Waals surface area (Å²) >= 11 is 0. The van der Waals surface area contributed by atoms with Gasteiger partial charge in [0.25, 0.3) is 0 Å². The number of nitrogens with zero attached hydrogens (tertiary/aromatic N) is 1. The van der Waals surface area contributed by atoms with Crippen LogP contribution in [0.4, 0.5) is 0 Å². The minimum absolute atomic E-state index is 0.984. The standard InChI is InChI=1S/C18H24N2/c1-4-10-19-11-16-14-6-5-7-17(14)20-18-13(3)12(2)8-9-15(16)18/h8-9,19H,4-7,10-11H2,1-3H3. The molecule has 1 aliphatic carbocycles. The molecule has 2 heteroatoms. The van der Waals surface area contributed by atoms with Crippen LogP contribution in [0.15, 0.2) is 12.1 Å². The van der Waals surface area contributed by atoms with Crippen LogP contribution in [0.2, 0.25) is 0 Å². The van der Waals surface area contributed by atoms with Gasteiger partial charge in [-0.1, -0.05) is 19.1 Å². The third-order valence-electron chi connectivity index (χ3n) is 4.56. The lowest BCUT2D eigenvalue weighted by molar-refractivity contribution is 0.674. The first-order valence-corrected chi connectivity index (χ1v) is 7.83. The molecule has 0 saturated carbocycles. The summed E-state index contributed by atoms with van der Waals surface area (Å²) in [6.45, 7) is 8.67. The smallest absolute Gasteiger partial charge is 0.0740 e. The molecule has 0 fully saturated rings. The van der Waals surface area contributed by atoms with Gasteiger partial charge in [-0.3, -0.25) is 4.98 Å². The van der Waals surface area contributed by atoms with Crippen molar-refractivity contribution in [3.8, 4) is 0 Å². The number of hydrogen-bond acceptors (Lipinski definition) is 2. The van der Waals surface area contributed by atoms with Crippen LogP contribution in [0.25, 0.3) is 10.9 Å². The molecule has 0 unspecified atom stereocenters. The van der Waals surface area contributed by atoms with Crippen molar-refractivity contribution < 1.29 is 0 Å². The van der Waals surface area contributed by atoms with E-state index in [1.54, 1.807) is 0 Å². The molecule has 1 aromatic carbocycles. The molecule has 106 valence electrons. The number of hydrogen-bond donors (Lipinski definition) is 1. The van der Waals surface area contributed by atoms with E-state index in [1.807, 2.05) is 0 Å². The van der Waals surface area contributed by atoms with E-state index in [9.17, 15) is 0 Å². The maximum absolute atomic E-state index is 4.98. The molecule has 0 radical (unpaired) electrons. The van der Waals surface area contributed by atoms with E-state index in [1.165, 1.54) is 58.1 Å². The second-order valence-corrected chi connectivity index (χ2v) is 5.95. The molecule has 1 N–H and O–H groups in total. The largest absolute Gasteiger partial charge is 0.313 e. The summed E-state index contributed by atoms with van der Waals surface area (Å²) in [6, 6.07) is 4.51. The maximum Gasteiger partial charge on any atom is 0.0740 e. The van der Waals surface area contributed by atoms with Gasteiger partial charge < -0.3 is 5.32 Å². The van der Waals surface area contributed by atoms with E-state index < -0.39 is 0 Å². The molecule has 0 aliphatic heterocycles. The second-order valence-electron chi connectivity index (χ2n) is 5.95. The Bertz CT molecular complexity index is 644. The number of aryl methyl sites for hydroxylation is 3. The van der Waals surface area contributed by atoms with Crippen LogP contribution in [0, 0.1) is 13.8 Å². The van der Waals surface area contributed by atoms with Crippen LogP contribution in [-0.4, -0.2) is 11.5 Å². The highest BCUT2D eigenvalue weighted by molar-refractivity contribution is 5.87. The third kappa shape index (κ3) is 2.22. The fraction of sp³-hybridized carbons (Fsp3) is 0.500. The Hall–Kier alpha value is -1.41. The van der Waals surface area contributed by atoms with Gasteiger partial charge in [0.1, 0.15) is 0 Å². The van der Waals surface area contributed by atoms with E-state index in [0.29, 0.717) is 0 Å². The van der Waals surface area contributed by atoms with Crippen molar-refractivity contribution in [2.75, 3.05) is 6.54 Å². The van der Waals surface area contributed by atoms with Gasteiger partial charge in [-0.25, -0.2) is 0 Å². The van der Waals surface area contributed by atoms with Crippen molar-refractivity contribution in [3.05, 3.63) is 40.1 Å². The highest BCUT2D eigenvalue weighted by Crippen LogP contribution is 2.32. The van der Waals surface area contributed by atoms with Crippen LogP contribution < -0.4 is 5.32 Å². The van der Waals surface area contributed by atoms with Gasteiger partial charge in [0.05, 0.1) is 5.52 Å². The zero-order valence-corrected chi connectivity index (χ0v) is 12.8. The van der Waals surface area contributed by atoms with Crippen molar-refractivity contribution in [2.45, 2.75) is 53.0 Å². The summed E-state index contributed by atoms with van der Waals surface area (Å²) < 4.78 is 0. The molecule has 1 heterocycles. The highest BCUT2D eigenvalue weighted by atomic mass is 14.8. The average molecular weight is 268 g/mol. The van der Waals surface area contributed by atoms with Gasteiger partial charge in [0.15, 0.2) is 0 Å². The lowest BCUT2D eigenvalue weighted by Gasteiger charge is -2.15. The van der Waals surface area contributed by atoms with Crippen molar-refractivity contribution in [2.24, 2.45) is 0 Å². The van der Waals surface area contributed by atoms with E-state index in [0.717, 1.165) is 19.5 Å². The molecule has 3 rings (SSSR count). The molecule has 1 aliphatic rings. The summed E-state index contributed by atoms with van der Waals surface area (Å²) in [5.41, 5.74) is 8.27. The van der Waals surface area contributed by atoms with Gasteiger partial charge in [0, 0.05) is 17.6 Å². The van der Waals surface area contributed by atoms with Crippen molar-refractivity contribution in [1.82, 2.24) is 10.3 Å². The fourth-order valence-corrected chi connectivity index (χ4v) is 3.25. The Kier molecular flexibility index (Phi) is 3.75. The van der Waals surface area contributed by atoms with Crippen LogP contribution in [-0.2, 0) is 19.4 Å². The summed E-state index contributed by atoms with van der Waals surface area (Å²) in [6.07, 6.45) is 4.80. The predicted octanol–water partition coefficient (Wildman–Crippen LogP) is 3.84. The van der Waals surface area contributed by atoms with E-state index in [-0.39, 0.29) is 0 Å². The van der Waals surface area contributed by atoms with Crippen LogP contribution in [0.1, 0.15) is 47.7 Å². The Labute approximate surface area is 121 Å². The second kappa shape index (κ2) is 5.53. The van der Waals surface area contributed by atoms with E-state index in [2.05, 4.69) is 38.2 Å². The number of rotatable bonds is 4. The predicted molar refractivity (Wildman–Crippen MR) is 85.2 cm³/mol. The maximum atomic E-state index is 4.98. The first kappa shape index (κ1) is 13.6. The summed E-state index contributed by atoms with van der Waals surface area (Å²) in [7, 11) is 0. The molecular formula is C18H24N2. The Morgan fingerprint density at radius 1 is 1.20 bits per heavy atom. The van der Waals surface area contributed by atoms with Crippen LogP contribution in [0.5, 0.6) is 0 Å². The minimum Gasteiger partial charge on any atom is -0.313 e. The first-order valence-electron chi connectivity index (χ1n) is 7.83. The van der Waals surface area contributed by atoms with Gasteiger partial charge in [0.2, 0.25) is 0 Å². The number of benzene rings is 1. The lowest BCUT2D eigenvalue weighted by atomic mass is 9.97. The average Bonchev–Trinajstić information content (AvgIpc) is 2.91. The number of fused-ring (bicyclic) bond motifs is 2. The molecule has 0 saturated heterocycles. The molecule has 0 atom stereocenters. The molecule has 0 bridgehead atoms. The monoisotopic (exact) mass is 268 g/mol. The van der Waals surface area contributed by atoms with Gasteiger partial charge in [-0.15, -0.1) is 0 Å². The quantitative estimate of drug-likeness (QED) is 0.852. The Balaban J connectivity index is 2.16. The molecule has 2 nitrogen and oxygen atoms in total. The van der Waals surface area contributed by atoms with Crippen molar-refractivity contribution >= 4 is 10.9 Å². The molecular weight excluding hydrogens is 244 g/mol. The summed E-state index contributed by atoms with van der Waals surface area (Å²) in [4.78, 5) is 4.98. The summed E-state index contributed by atoms with van der Waals surface area (Å²) in [5, 5.41) is 4.94. The first-order chi connectivity index (χ1) is 9.72. The zero-order valence-electron chi connectivity index (χ0n) is 12.8. The SMILES string of the molecule is CCCNCc1c2c(nc3c(C)c(C)ccc13)CCC2. The normalized spacial score (nSPS) is 13.9. The number of aromatic nitrogens is 1. The minimum atomic E-state index is 0.984. The van der Waals surface area contributed by atoms with Crippen LogP contribution in [0.3, 0.4) is 0 Å². The summed E-state index contributed by atoms with van der Waals surface area (Å²) in [5.74, 6) is 0. The van der Waals surface area contributed by atoms with Gasteiger partial charge >= 0.3 is 0 Å². The Morgan fingerprint density at radius 2 is 2.05 bits per heavy atom. The Morgan fingerprint density at radius 3 is 2.85 bits per heavy atom. The molecule has 0 spiro atoms. The van der Waals surface area contributed by atoms with E-state index in [4.69, 9.17) is 4.98 Å². The molecule has 0 amide bonds. The number of nitrogens with one attached hydrogen (secondary N) is 1. The van der Waals surface area contributed by atoms with Crippen LogP contribution >= 0.6 is 0 Å². The molecule has 20 heavy (non-hydrogen) atoms. The van der Waals surface area contributed by atoms with Crippen molar-refractivity contribution in [1.29, 1.82) is 0 Å².